The Balaban J connectivity index is 1.83. The number of halogens is 1. The fourth-order valence-electron chi connectivity index (χ4n) is 2.03. The summed E-state index contributed by atoms with van der Waals surface area (Å²) in [5.74, 6) is 0.677. The summed E-state index contributed by atoms with van der Waals surface area (Å²) in [7, 11) is 0. The molecule has 0 saturated carbocycles. The minimum Gasteiger partial charge on any atom is -0.486 e. The average molecular weight is 273 g/mol. The summed E-state index contributed by atoms with van der Waals surface area (Å²) >= 11 is 6.04. The smallest absolute Gasteiger partial charge is 0.138 e. The van der Waals surface area contributed by atoms with E-state index in [9.17, 15) is 0 Å². The third kappa shape index (κ3) is 2.37. The van der Waals surface area contributed by atoms with E-state index in [4.69, 9.17) is 22.1 Å². The van der Waals surface area contributed by atoms with Gasteiger partial charge in [-0.1, -0.05) is 35.9 Å². The molecule has 0 spiro atoms. The van der Waals surface area contributed by atoms with Crippen LogP contribution in [-0.2, 0) is 6.61 Å². The third-order valence-electron chi connectivity index (χ3n) is 2.96. The first-order chi connectivity index (χ1) is 9.24. The summed E-state index contributed by atoms with van der Waals surface area (Å²) in [6.07, 6.45) is 0. The van der Waals surface area contributed by atoms with E-state index in [-0.39, 0.29) is 0 Å². The molecule has 0 bridgehead atoms. The Kier molecular flexibility index (Phi) is 3.05. The number of nitrogens with one attached hydrogen (secondary N) is 1. The number of aromatic amines is 1. The van der Waals surface area contributed by atoms with E-state index in [0.717, 1.165) is 22.3 Å². The molecular weight excluding hydrogens is 260 g/mol. The van der Waals surface area contributed by atoms with Gasteiger partial charge in [0, 0.05) is 5.39 Å². The number of ether oxygens (including phenoxy) is 1. The molecule has 3 aromatic rings. The van der Waals surface area contributed by atoms with Crippen LogP contribution in [0.5, 0.6) is 5.75 Å². The zero-order valence-electron chi connectivity index (χ0n) is 10.2. The van der Waals surface area contributed by atoms with Gasteiger partial charge >= 0.3 is 0 Å². The highest BCUT2D eigenvalue weighted by Gasteiger charge is 2.05. The number of aromatic nitrogens is 1. The van der Waals surface area contributed by atoms with Gasteiger partial charge in [-0.15, -0.1) is 0 Å². The summed E-state index contributed by atoms with van der Waals surface area (Å²) in [5, 5.41) is 1.69. The van der Waals surface area contributed by atoms with E-state index >= 15 is 0 Å². The van der Waals surface area contributed by atoms with Gasteiger partial charge < -0.3 is 15.5 Å². The summed E-state index contributed by atoms with van der Waals surface area (Å²) in [5.41, 5.74) is 8.56. The molecule has 3 rings (SSSR count). The lowest BCUT2D eigenvalue weighted by Gasteiger charge is -2.06. The Bertz CT molecular complexity index is 721. The van der Waals surface area contributed by atoms with Crippen LogP contribution in [0.2, 0.25) is 5.02 Å². The number of benzene rings is 2. The fraction of sp³-hybridized carbons (Fsp3) is 0.0667. The van der Waals surface area contributed by atoms with Crippen molar-refractivity contribution in [2.45, 2.75) is 6.61 Å². The molecule has 0 aliphatic carbocycles. The second kappa shape index (κ2) is 4.86. The van der Waals surface area contributed by atoms with Crippen LogP contribution in [0.25, 0.3) is 10.9 Å². The first-order valence-electron chi connectivity index (χ1n) is 5.97. The lowest BCUT2D eigenvalue weighted by Crippen LogP contribution is -1.96. The lowest BCUT2D eigenvalue weighted by atomic mass is 10.2. The number of fused-ring (bicyclic) bond motifs is 1. The highest BCUT2D eigenvalue weighted by atomic mass is 35.5. The lowest BCUT2D eigenvalue weighted by molar-refractivity contribution is 0.302. The van der Waals surface area contributed by atoms with Gasteiger partial charge in [-0.25, -0.2) is 0 Å². The van der Waals surface area contributed by atoms with Gasteiger partial charge in [0.05, 0.1) is 21.9 Å². The number of hydrogen-bond donors (Lipinski definition) is 2. The maximum Gasteiger partial charge on any atom is 0.138 e. The van der Waals surface area contributed by atoms with Gasteiger partial charge in [0.2, 0.25) is 0 Å². The molecule has 0 aliphatic rings. The molecule has 2 aromatic carbocycles. The zero-order chi connectivity index (χ0) is 13.2. The van der Waals surface area contributed by atoms with E-state index in [1.165, 1.54) is 0 Å². The third-order valence-corrected chi connectivity index (χ3v) is 3.28. The van der Waals surface area contributed by atoms with Gasteiger partial charge in [0.1, 0.15) is 12.4 Å². The predicted molar refractivity (Wildman–Crippen MR) is 78.5 cm³/mol. The molecule has 1 heterocycles. The highest BCUT2D eigenvalue weighted by Crippen LogP contribution is 2.25. The predicted octanol–water partition coefficient (Wildman–Crippen LogP) is 3.98. The molecule has 0 atom stereocenters. The van der Waals surface area contributed by atoms with Crippen LogP contribution in [0.4, 0.5) is 5.69 Å². The van der Waals surface area contributed by atoms with Gasteiger partial charge in [-0.2, -0.15) is 0 Å². The zero-order valence-corrected chi connectivity index (χ0v) is 10.9. The van der Waals surface area contributed by atoms with E-state index in [2.05, 4.69) is 4.98 Å². The molecule has 3 N–H and O–H groups in total. The van der Waals surface area contributed by atoms with Crippen molar-refractivity contribution in [3.63, 3.8) is 0 Å². The average Bonchev–Trinajstić information content (AvgIpc) is 2.82. The van der Waals surface area contributed by atoms with Crippen LogP contribution in [-0.4, -0.2) is 4.98 Å². The molecule has 0 amide bonds. The highest BCUT2D eigenvalue weighted by molar-refractivity contribution is 6.32. The molecule has 0 unspecified atom stereocenters. The number of nitrogen functional groups attached to an aromatic ring is 1. The number of H-pyrrole nitrogens is 1. The molecule has 1 aromatic heterocycles. The molecule has 4 heteroatoms. The Morgan fingerprint density at radius 3 is 2.74 bits per heavy atom. The van der Waals surface area contributed by atoms with Crippen molar-refractivity contribution in [3.05, 3.63) is 59.2 Å². The van der Waals surface area contributed by atoms with Crippen molar-refractivity contribution in [2.75, 3.05) is 5.73 Å². The molecule has 0 fully saturated rings. The Hall–Kier alpha value is -2.13. The van der Waals surface area contributed by atoms with Crippen molar-refractivity contribution in [1.29, 1.82) is 0 Å². The number of hydrogen-bond acceptors (Lipinski definition) is 2. The van der Waals surface area contributed by atoms with Gasteiger partial charge in [-0.05, 0) is 24.3 Å². The van der Waals surface area contributed by atoms with Crippen LogP contribution in [0.3, 0.4) is 0 Å². The SMILES string of the molecule is Nc1cccc2cc(COc3ccccc3Cl)[nH]c12. The van der Waals surface area contributed by atoms with E-state index in [1.54, 1.807) is 6.07 Å². The minimum absolute atomic E-state index is 0.428. The van der Waals surface area contributed by atoms with E-state index < -0.39 is 0 Å². The fourth-order valence-corrected chi connectivity index (χ4v) is 2.22. The molecule has 0 radical (unpaired) electrons. The number of rotatable bonds is 3. The largest absolute Gasteiger partial charge is 0.486 e. The van der Waals surface area contributed by atoms with Crippen LogP contribution < -0.4 is 10.5 Å². The maximum absolute atomic E-state index is 6.04. The Morgan fingerprint density at radius 1 is 1.11 bits per heavy atom. The van der Waals surface area contributed by atoms with Crippen LogP contribution in [0.15, 0.2) is 48.5 Å². The van der Waals surface area contributed by atoms with Crippen LogP contribution in [0, 0.1) is 0 Å². The molecule has 19 heavy (non-hydrogen) atoms. The van der Waals surface area contributed by atoms with Crippen LogP contribution in [0.1, 0.15) is 5.69 Å². The standard InChI is InChI=1S/C15H13ClN2O/c16-12-5-1-2-7-14(12)19-9-11-8-10-4-3-6-13(17)15(10)18-11/h1-8,18H,9,17H2. The number of anilines is 1. The first kappa shape index (κ1) is 11.9. The van der Waals surface area contributed by atoms with Gasteiger partial charge in [0.25, 0.3) is 0 Å². The summed E-state index contributed by atoms with van der Waals surface area (Å²) in [6.45, 7) is 0.428. The first-order valence-corrected chi connectivity index (χ1v) is 6.35. The second-order valence-electron chi connectivity index (χ2n) is 4.33. The minimum atomic E-state index is 0.428. The number of para-hydroxylation sites is 2. The van der Waals surface area contributed by atoms with E-state index in [1.807, 2.05) is 42.5 Å². The normalized spacial score (nSPS) is 10.8. The molecule has 3 nitrogen and oxygen atoms in total. The van der Waals surface area contributed by atoms with E-state index in [0.29, 0.717) is 17.4 Å². The second-order valence-corrected chi connectivity index (χ2v) is 4.73. The summed E-state index contributed by atoms with van der Waals surface area (Å²) in [4.78, 5) is 3.26. The van der Waals surface area contributed by atoms with Crippen molar-refractivity contribution in [2.24, 2.45) is 0 Å². The molecule has 96 valence electrons. The maximum atomic E-state index is 6.04. The van der Waals surface area contributed by atoms with Gasteiger partial charge in [-0.3, -0.25) is 0 Å². The Labute approximate surface area is 116 Å². The molecule has 0 saturated heterocycles. The Morgan fingerprint density at radius 2 is 1.95 bits per heavy atom. The van der Waals surface area contributed by atoms with Crippen molar-refractivity contribution in [1.82, 2.24) is 4.98 Å². The van der Waals surface area contributed by atoms with Crippen molar-refractivity contribution in [3.8, 4) is 5.75 Å². The quantitative estimate of drug-likeness (QED) is 0.709. The molecule has 0 aliphatic heterocycles. The van der Waals surface area contributed by atoms with Gasteiger partial charge in [0.15, 0.2) is 0 Å². The molecular formula is C15H13ClN2O. The van der Waals surface area contributed by atoms with Crippen LogP contribution >= 0.6 is 11.6 Å². The number of nitrogens with two attached hydrogens (primary N) is 1. The topological polar surface area (TPSA) is 51.0 Å². The summed E-state index contributed by atoms with van der Waals surface area (Å²) in [6, 6.07) is 15.3. The monoisotopic (exact) mass is 272 g/mol. The van der Waals surface area contributed by atoms with Crippen molar-refractivity contribution >= 4 is 28.2 Å². The summed E-state index contributed by atoms with van der Waals surface area (Å²) < 4.78 is 5.69. The van der Waals surface area contributed by atoms with Crippen molar-refractivity contribution < 1.29 is 4.74 Å².